The molecule has 1 atom stereocenters. The summed E-state index contributed by atoms with van der Waals surface area (Å²) in [5, 5.41) is 14.5. The second-order valence-corrected chi connectivity index (χ2v) is 5.38. The Morgan fingerprint density at radius 3 is 2.55 bits per heavy atom. The number of aliphatic hydroxyl groups is 1. The first-order valence-electron chi connectivity index (χ1n) is 7.38. The van der Waals surface area contributed by atoms with Crippen LogP contribution < -0.4 is 10.6 Å². The number of hydrogen-bond acceptors (Lipinski definition) is 5. The molecule has 1 aromatic rings. The Kier molecular flexibility index (Phi) is 7.39. The van der Waals surface area contributed by atoms with E-state index in [1.807, 2.05) is 13.8 Å². The van der Waals surface area contributed by atoms with Gasteiger partial charge in [-0.25, -0.2) is 4.79 Å². The maximum atomic E-state index is 12.2. The van der Waals surface area contributed by atoms with Gasteiger partial charge in [0.1, 0.15) is 0 Å². The van der Waals surface area contributed by atoms with Crippen molar-refractivity contribution in [3.05, 3.63) is 29.8 Å². The summed E-state index contributed by atoms with van der Waals surface area (Å²) in [6, 6.07) is 6.82. The molecule has 0 unspecified atom stereocenters. The summed E-state index contributed by atoms with van der Waals surface area (Å²) >= 11 is 0. The number of amides is 1. The first-order chi connectivity index (χ1) is 10.5. The van der Waals surface area contributed by atoms with Gasteiger partial charge >= 0.3 is 5.97 Å². The first-order valence-corrected chi connectivity index (χ1v) is 7.38. The van der Waals surface area contributed by atoms with Crippen molar-refractivity contribution < 1.29 is 19.4 Å². The number of anilines is 1. The molecule has 0 aromatic heterocycles. The molecule has 1 rings (SSSR count). The maximum absolute atomic E-state index is 12.2. The zero-order valence-corrected chi connectivity index (χ0v) is 13.3. The minimum absolute atomic E-state index is 0.0443. The van der Waals surface area contributed by atoms with Crippen LogP contribution in [-0.4, -0.2) is 42.8 Å². The minimum Gasteiger partial charge on any atom is -0.449 e. The van der Waals surface area contributed by atoms with Crippen molar-refractivity contribution in [2.75, 3.05) is 25.0 Å². The van der Waals surface area contributed by atoms with E-state index in [2.05, 4.69) is 10.6 Å². The van der Waals surface area contributed by atoms with E-state index < -0.39 is 12.1 Å². The van der Waals surface area contributed by atoms with E-state index in [4.69, 9.17) is 9.84 Å². The number of hydrogen-bond donors (Lipinski definition) is 3. The van der Waals surface area contributed by atoms with E-state index in [9.17, 15) is 9.59 Å². The summed E-state index contributed by atoms with van der Waals surface area (Å²) in [5.74, 6) is -0.564. The molecule has 0 aliphatic heterocycles. The van der Waals surface area contributed by atoms with Crippen LogP contribution in [0.1, 0.15) is 31.1 Å². The fraction of sp³-hybridized carbons (Fsp3) is 0.500. The quantitative estimate of drug-likeness (QED) is 0.632. The third kappa shape index (κ3) is 5.73. The molecule has 6 heteroatoms. The molecule has 0 fully saturated rings. The van der Waals surface area contributed by atoms with Crippen molar-refractivity contribution in [2.24, 2.45) is 5.92 Å². The Morgan fingerprint density at radius 2 is 1.91 bits per heavy atom. The van der Waals surface area contributed by atoms with Gasteiger partial charge in [-0.1, -0.05) is 26.0 Å². The lowest BCUT2D eigenvalue weighted by Crippen LogP contribution is -2.37. The summed E-state index contributed by atoms with van der Waals surface area (Å²) < 4.78 is 5.20. The number of carbonyl (C=O) groups excluding carboxylic acids is 2. The van der Waals surface area contributed by atoms with Crippen molar-refractivity contribution in [3.8, 4) is 0 Å². The fourth-order valence-corrected chi connectivity index (χ4v) is 1.73. The molecular formula is C16H24N2O4. The molecule has 1 aromatic carbocycles. The molecule has 0 radical (unpaired) electrons. The zero-order valence-electron chi connectivity index (χ0n) is 13.3. The molecule has 3 N–H and O–H groups in total. The Hall–Kier alpha value is -2.08. The number of rotatable bonds is 8. The monoisotopic (exact) mass is 308 g/mol. The molecule has 1 amide bonds. The van der Waals surface area contributed by atoms with Crippen LogP contribution in [0.4, 0.5) is 5.69 Å². The van der Waals surface area contributed by atoms with Crippen molar-refractivity contribution in [1.29, 1.82) is 0 Å². The number of esters is 1. The van der Waals surface area contributed by atoms with Gasteiger partial charge < -0.3 is 20.5 Å². The number of benzene rings is 1. The van der Waals surface area contributed by atoms with Gasteiger partial charge in [-0.05, 0) is 25.0 Å². The highest BCUT2D eigenvalue weighted by Gasteiger charge is 2.20. The topological polar surface area (TPSA) is 87.7 Å². The number of ether oxygens (including phenoxy) is 1. The third-order valence-corrected chi connectivity index (χ3v) is 2.91. The van der Waals surface area contributed by atoms with Crippen LogP contribution in [0.15, 0.2) is 24.3 Å². The molecule has 6 nitrogen and oxygen atoms in total. The number of aliphatic hydroxyl groups excluding tert-OH is 1. The van der Waals surface area contributed by atoms with Crippen molar-refractivity contribution >= 4 is 17.6 Å². The van der Waals surface area contributed by atoms with Crippen LogP contribution in [0.25, 0.3) is 0 Å². The van der Waals surface area contributed by atoms with Crippen molar-refractivity contribution in [1.82, 2.24) is 5.32 Å². The van der Waals surface area contributed by atoms with Gasteiger partial charge in [0, 0.05) is 18.8 Å². The summed E-state index contributed by atoms with van der Waals surface area (Å²) in [6.07, 6.45) is -0.864. The molecule has 0 heterocycles. The van der Waals surface area contributed by atoms with Gasteiger partial charge in [-0.3, -0.25) is 4.79 Å². The van der Waals surface area contributed by atoms with Crippen molar-refractivity contribution in [2.45, 2.75) is 26.9 Å². The van der Waals surface area contributed by atoms with Crippen LogP contribution >= 0.6 is 0 Å². The van der Waals surface area contributed by atoms with Crippen LogP contribution in [0.3, 0.4) is 0 Å². The average molecular weight is 308 g/mol. The molecule has 0 spiro atoms. The smallest absolute Gasteiger partial charge is 0.341 e. The lowest BCUT2D eigenvalue weighted by atomic mass is 10.1. The van der Waals surface area contributed by atoms with E-state index >= 15 is 0 Å². The molecule has 0 saturated carbocycles. The second kappa shape index (κ2) is 9.04. The largest absolute Gasteiger partial charge is 0.449 e. The molecular weight excluding hydrogens is 284 g/mol. The summed E-state index contributed by atoms with van der Waals surface area (Å²) in [6.45, 7) is 6.33. The molecule has 0 saturated heterocycles. The first kappa shape index (κ1) is 18.0. The van der Waals surface area contributed by atoms with Gasteiger partial charge in [0.2, 0.25) is 0 Å². The number of nitrogens with one attached hydrogen (secondary N) is 2. The third-order valence-electron chi connectivity index (χ3n) is 2.91. The van der Waals surface area contributed by atoms with Gasteiger partial charge in [0.15, 0.2) is 6.10 Å². The zero-order chi connectivity index (χ0) is 16.5. The summed E-state index contributed by atoms with van der Waals surface area (Å²) in [7, 11) is 0. The maximum Gasteiger partial charge on any atom is 0.341 e. The van der Waals surface area contributed by atoms with Gasteiger partial charge in [-0.2, -0.15) is 0 Å². The SMILES string of the molecule is CC(C)CNC(=O)[C@@H](C)OC(=O)c1ccccc1NCCO. The Morgan fingerprint density at radius 1 is 1.23 bits per heavy atom. The molecule has 0 aliphatic carbocycles. The van der Waals surface area contributed by atoms with Gasteiger partial charge in [-0.15, -0.1) is 0 Å². The average Bonchev–Trinajstić information content (AvgIpc) is 2.50. The molecule has 22 heavy (non-hydrogen) atoms. The van der Waals surface area contributed by atoms with E-state index in [0.29, 0.717) is 30.3 Å². The second-order valence-electron chi connectivity index (χ2n) is 5.38. The predicted molar refractivity (Wildman–Crippen MR) is 84.7 cm³/mol. The normalized spacial score (nSPS) is 11.9. The van der Waals surface area contributed by atoms with E-state index in [0.717, 1.165) is 0 Å². The predicted octanol–water partition coefficient (Wildman–Crippen LogP) is 1.41. The van der Waals surface area contributed by atoms with Crippen LogP contribution in [0.2, 0.25) is 0 Å². The highest BCUT2D eigenvalue weighted by Crippen LogP contribution is 2.16. The van der Waals surface area contributed by atoms with E-state index in [1.54, 1.807) is 24.3 Å². The van der Waals surface area contributed by atoms with Crippen LogP contribution in [0, 0.1) is 5.92 Å². The van der Waals surface area contributed by atoms with Crippen LogP contribution in [0.5, 0.6) is 0 Å². The van der Waals surface area contributed by atoms with Gasteiger partial charge in [0.25, 0.3) is 5.91 Å². The van der Waals surface area contributed by atoms with E-state index in [-0.39, 0.29) is 12.5 Å². The molecule has 122 valence electrons. The standard InChI is InChI=1S/C16H24N2O4/c1-11(2)10-18-15(20)12(3)22-16(21)13-6-4-5-7-14(13)17-8-9-19/h4-7,11-12,17,19H,8-10H2,1-3H3,(H,18,20)/t12-/m1/s1. The lowest BCUT2D eigenvalue weighted by molar-refractivity contribution is -0.129. The Labute approximate surface area is 130 Å². The highest BCUT2D eigenvalue weighted by atomic mass is 16.5. The minimum atomic E-state index is -0.864. The fourth-order valence-electron chi connectivity index (χ4n) is 1.73. The summed E-state index contributed by atoms with van der Waals surface area (Å²) in [5.41, 5.74) is 0.899. The van der Waals surface area contributed by atoms with Crippen molar-refractivity contribution in [3.63, 3.8) is 0 Å². The molecule has 0 aliphatic rings. The van der Waals surface area contributed by atoms with Gasteiger partial charge in [0.05, 0.1) is 12.2 Å². The van der Waals surface area contributed by atoms with E-state index in [1.165, 1.54) is 6.92 Å². The Balaban J connectivity index is 2.66. The number of carbonyl (C=O) groups is 2. The highest BCUT2D eigenvalue weighted by molar-refractivity contribution is 5.97. The number of para-hydroxylation sites is 1. The Bertz CT molecular complexity index is 503. The van der Waals surface area contributed by atoms with Crippen LogP contribution in [-0.2, 0) is 9.53 Å². The molecule has 0 bridgehead atoms. The summed E-state index contributed by atoms with van der Waals surface area (Å²) in [4.78, 5) is 24.0. The lowest BCUT2D eigenvalue weighted by Gasteiger charge is -2.16.